The summed E-state index contributed by atoms with van der Waals surface area (Å²) < 4.78 is 10.5. The van der Waals surface area contributed by atoms with Crippen LogP contribution in [-0.2, 0) is 9.59 Å². The molecule has 164 valence electrons. The Labute approximate surface area is 190 Å². The van der Waals surface area contributed by atoms with Crippen molar-refractivity contribution in [1.29, 1.82) is 0 Å². The number of amides is 1. The van der Waals surface area contributed by atoms with Gasteiger partial charge in [-0.05, 0) is 24.6 Å². The number of hydrogen-bond donors (Lipinski definition) is 1. The summed E-state index contributed by atoms with van der Waals surface area (Å²) in [4.78, 5) is 31.6. The number of hydrogen-bond acceptors (Lipinski definition) is 6. The molecule has 1 aromatic carbocycles. The molecule has 1 unspecified atom stereocenters. The Kier molecular flexibility index (Phi) is 7.08. The van der Waals surface area contributed by atoms with Crippen LogP contribution in [-0.4, -0.2) is 47.4 Å². The number of Topliss-reactive ketones (excluding diaryl/α,β-unsaturated/α-hetero) is 1. The molecule has 0 spiro atoms. The van der Waals surface area contributed by atoms with Gasteiger partial charge in [0.1, 0.15) is 16.8 Å². The van der Waals surface area contributed by atoms with Crippen LogP contribution in [0.5, 0.6) is 11.5 Å². The standard InChI is InChI=1S/C22H22Cl2N2O5/c1-4-5-10-26-17(14-8-6-7-9-25-14)15(19(28)22(26)29)18(27)12-11-13(23)21(31-3)16(24)20(12)30-2/h6-9,11,17,27H,4-5,10H2,1-3H3/b18-15+. The quantitative estimate of drug-likeness (QED) is 0.365. The number of aliphatic hydroxyl groups is 1. The minimum absolute atomic E-state index is 0.0358. The Balaban J connectivity index is 2.27. The minimum atomic E-state index is -0.850. The molecule has 0 saturated carbocycles. The van der Waals surface area contributed by atoms with E-state index in [1.54, 1.807) is 24.4 Å². The van der Waals surface area contributed by atoms with E-state index in [2.05, 4.69) is 4.98 Å². The molecule has 3 rings (SSSR count). The molecule has 7 nitrogen and oxygen atoms in total. The second kappa shape index (κ2) is 9.58. The zero-order chi connectivity index (χ0) is 22.7. The molecule has 1 aliphatic rings. The average Bonchev–Trinajstić information content (AvgIpc) is 3.02. The van der Waals surface area contributed by atoms with Crippen LogP contribution >= 0.6 is 23.2 Å². The van der Waals surface area contributed by atoms with Crippen molar-refractivity contribution in [2.24, 2.45) is 0 Å². The van der Waals surface area contributed by atoms with Crippen molar-refractivity contribution in [2.75, 3.05) is 20.8 Å². The van der Waals surface area contributed by atoms with Gasteiger partial charge in [-0.25, -0.2) is 0 Å². The van der Waals surface area contributed by atoms with Gasteiger partial charge >= 0.3 is 0 Å². The zero-order valence-electron chi connectivity index (χ0n) is 17.3. The molecule has 1 saturated heterocycles. The molecule has 1 aromatic heterocycles. The Morgan fingerprint density at radius 3 is 2.48 bits per heavy atom. The fourth-order valence-corrected chi connectivity index (χ4v) is 4.26. The van der Waals surface area contributed by atoms with Crippen LogP contribution < -0.4 is 9.47 Å². The van der Waals surface area contributed by atoms with E-state index in [4.69, 9.17) is 32.7 Å². The third-order valence-corrected chi connectivity index (χ3v) is 5.68. The first-order valence-electron chi connectivity index (χ1n) is 9.66. The van der Waals surface area contributed by atoms with Gasteiger partial charge in [0.15, 0.2) is 11.5 Å². The monoisotopic (exact) mass is 464 g/mol. The van der Waals surface area contributed by atoms with Crippen molar-refractivity contribution >= 4 is 40.7 Å². The van der Waals surface area contributed by atoms with E-state index in [0.29, 0.717) is 18.7 Å². The van der Waals surface area contributed by atoms with Crippen LogP contribution in [0.15, 0.2) is 36.0 Å². The van der Waals surface area contributed by atoms with Gasteiger partial charge < -0.3 is 19.5 Å². The zero-order valence-corrected chi connectivity index (χ0v) is 18.8. The molecule has 1 fully saturated rings. The number of ether oxygens (including phenoxy) is 2. The molecule has 0 bridgehead atoms. The van der Waals surface area contributed by atoms with E-state index in [-0.39, 0.29) is 32.7 Å². The summed E-state index contributed by atoms with van der Waals surface area (Å²) in [6, 6.07) is 5.72. The van der Waals surface area contributed by atoms with Gasteiger partial charge in [-0.15, -0.1) is 0 Å². The number of likely N-dealkylation sites (tertiary alicyclic amines) is 1. The molecule has 1 atom stereocenters. The number of aliphatic hydroxyl groups excluding tert-OH is 1. The smallest absolute Gasteiger partial charge is 0.295 e. The van der Waals surface area contributed by atoms with E-state index < -0.39 is 23.5 Å². The third-order valence-electron chi connectivity index (χ3n) is 5.06. The van der Waals surface area contributed by atoms with Crippen LogP contribution in [0.2, 0.25) is 10.0 Å². The number of ketones is 1. The first kappa shape index (κ1) is 22.9. The number of aromatic nitrogens is 1. The molecule has 31 heavy (non-hydrogen) atoms. The lowest BCUT2D eigenvalue weighted by molar-refractivity contribution is -0.140. The number of carbonyl (C=O) groups excluding carboxylic acids is 2. The van der Waals surface area contributed by atoms with E-state index in [9.17, 15) is 14.7 Å². The second-order valence-electron chi connectivity index (χ2n) is 6.89. The van der Waals surface area contributed by atoms with Crippen LogP contribution in [0.4, 0.5) is 0 Å². The van der Waals surface area contributed by atoms with Crippen LogP contribution in [0.1, 0.15) is 37.1 Å². The molecule has 0 radical (unpaired) electrons. The van der Waals surface area contributed by atoms with Gasteiger partial charge in [0.2, 0.25) is 0 Å². The highest BCUT2D eigenvalue weighted by atomic mass is 35.5. The number of methoxy groups -OCH3 is 2. The van der Waals surface area contributed by atoms with Crippen LogP contribution in [0.3, 0.4) is 0 Å². The number of carbonyl (C=O) groups is 2. The Morgan fingerprint density at radius 1 is 1.19 bits per heavy atom. The molecule has 1 aliphatic heterocycles. The summed E-state index contributed by atoms with van der Waals surface area (Å²) in [6.45, 7) is 2.33. The number of unbranched alkanes of at least 4 members (excludes halogenated alkanes) is 1. The maximum atomic E-state index is 13.0. The fraction of sp³-hybridized carbons (Fsp3) is 0.318. The predicted molar refractivity (Wildman–Crippen MR) is 118 cm³/mol. The largest absolute Gasteiger partial charge is 0.507 e. The van der Waals surface area contributed by atoms with Crippen LogP contribution in [0.25, 0.3) is 5.76 Å². The van der Waals surface area contributed by atoms with E-state index in [1.165, 1.54) is 25.2 Å². The molecular formula is C22H22Cl2N2O5. The lowest BCUT2D eigenvalue weighted by atomic mass is 9.97. The van der Waals surface area contributed by atoms with E-state index in [0.717, 1.165) is 6.42 Å². The van der Waals surface area contributed by atoms with Crippen molar-refractivity contribution in [3.8, 4) is 11.5 Å². The summed E-state index contributed by atoms with van der Waals surface area (Å²) in [6.07, 6.45) is 3.09. The lowest BCUT2D eigenvalue weighted by Crippen LogP contribution is -2.31. The Morgan fingerprint density at radius 2 is 1.90 bits per heavy atom. The van der Waals surface area contributed by atoms with Crippen molar-refractivity contribution in [3.05, 3.63) is 57.3 Å². The maximum absolute atomic E-state index is 13.0. The molecule has 0 aliphatic carbocycles. The summed E-state index contributed by atoms with van der Waals surface area (Å²) >= 11 is 12.6. The first-order valence-corrected chi connectivity index (χ1v) is 10.4. The Bertz CT molecular complexity index is 1040. The Hall–Kier alpha value is -2.77. The minimum Gasteiger partial charge on any atom is -0.507 e. The molecule has 2 aromatic rings. The van der Waals surface area contributed by atoms with Gasteiger partial charge in [0, 0.05) is 12.7 Å². The summed E-state index contributed by atoms with van der Waals surface area (Å²) in [7, 11) is 2.76. The molecule has 1 N–H and O–H groups in total. The average molecular weight is 465 g/mol. The third kappa shape index (κ3) is 4.07. The van der Waals surface area contributed by atoms with Crippen LogP contribution in [0, 0.1) is 0 Å². The second-order valence-corrected chi connectivity index (χ2v) is 7.67. The van der Waals surface area contributed by atoms with Crippen molar-refractivity contribution in [2.45, 2.75) is 25.8 Å². The van der Waals surface area contributed by atoms with Gasteiger partial charge in [-0.2, -0.15) is 0 Å². The van der Waals surface area contributed by atoms with Gasteiger partial charge in [0.05, 0.1) is 36.1 Å². The van der Waals surface area contributed by atoms with Crippen molar-refractivity contribution in [3.63, 3.8) is 0 Å². The number of benzene rings is 1. The molecule has 1 amide bonds. The van der Waals surface area contributed by atoms with Crippen molar-refractivity contribution < 1.29 is 24.2 Å². The predicted octanol–water partition coefficient (Wildman–Crippen LogP) is 4.63. The number of pyridine rings is 1. The highest BCUT2D eigenvalue weighted by Crippen LogP contribution is 2.47. The topological polar surface area (TPSA) is 89.0 Å². The highest BCUT2D eigenvalue weighted by molar-refractivity contribution is 6.47. The number of rotatable bonds is 7. The van der Waals surface area contributed by atoms with Gasteiger partial charge in [-0.1, -0.05) is 42.6 Å². The van der Waals surface area contributed by atoms with Gasteiger partial charge in [0.25, 0.3) is 11.7 Å². The number of nitrogens with zero attached hydrogens (tertiary/aromatic N) is 2. The first-order chi connectivity index (χ1) is 14.9. The maximum Gasteiger partial charge on any atom is 0.295 e. The number of halogens is 2. The summed E-state index contributed by atoms with van der Waals surface area (Å²) in [5.74, 6) is -1.72. The van der Waals surface area contributed by atoms with E-state index in [1.807, 2.05) is 6.92 Å². The highest BCUT2D eigenvalue weighted by Gasteiger charge is 2.46. The fourth-order valence-electron chi connectivity index (χ4n) is 3.58. The summed E-state index contributed by atoms with van der Waals surface area (Å²) in [5.41, 5.74) is 0.437. The molecule has 9 heteroatoms. The normalized spacial score (nSPS) is 17.8. The summed E-state index contributed by atoms with van der Waals surface area (Å²) in [5, 5.41) is 11.4. The SMILES string of the molecule is CCCCN1C(=O)C(=O)/C(=C(/O)c2cc(Cl)c(OC)c(Cl)c2OC)C1c1ccccn1. The molecular weight excluding hydrogens is 443 g/mol. The molecule has 2 heterocycles. The van der Waals surface area contributed by atoms with E-state index >= 15 is 0 Å². The lowest BCUT2D eigenvalue weighted by Gasteiger charge is -2.24. The van der Waals surface area contributed by atoms with Crippen molar-refractivity contribution in [1.82, 2.24) is 9.88 Å². The van der Waals surface area contributed by atoms with Gasteiger partial charge in [-0.3, -0.25) is 14.6 Å².